The van der Waals surface area contributed by atoms with Crippen molar-refractivity contribution in [2.75, 3.05) is 5.88 Å². The van der Waals surface area contributed by atoms with Crippen molar-refractivity contribution in [1.82, 2.24) is 5.32 Å². The quantitative estimate of drug-likeness (QED) is 0.816. The molecule has 0 spiro atoms. The highest BCUT2D eigenvalue weighted by atomic mass is 35.5. The summed E-state index contributed by atoms with van der Waals surface area (Å²) in [5.74, 6) is 0.226. The van der Waals surface area contributed by atoms with E-state index >= 15 is 0 Å². The van der Waals surface area contributed by atoms with E-state index in [9.17, 15) is 4.79 Å². The number of carbonyl (C=O) groups is 1. The Labute approximate surface area is 99.6 Å². The zero-order valence-corrected chi connectivity index (χ0v) is 10.2. The lowest BCUT2D eigenvalue weighted by Crippen LogP contribution is -2.44. The summed E-state index contributed by atoms with van der Waals surface area (Å²) in [6.07, 6.45) is 0. The van der Waals surface area contributed by atoms with Gasteiger partial charge in [-0.25, -0.2) is 0 Å². The van der Waals surface area contributed by atoms with E-state index in [-0.39, 0.29) is 5.91 Å². The first-order chi connectivity index (χ1) is 6.94. The summed E-state index contributed by atoms with van der Waals surface area (Å²) < 4.78 is 0. The standard InChI is InChI=1S/C11H13Cl2NO/c1-11(2,7-12)14-10(15)8-3-5-9(13)6-4-8/h3-6H,7H2,1-2H3,(H,14,15). The van der Waals surface area contributed by atoms with Crippen LogP contribution in [-0.2, 0) is 0 Å². The van der Waals surface area contributed by atoms with E-state index < -0.39 is 5.54 Å². The normalized spacial score (nSPS) is 11.2. The summed E-state index contributed by atoms with van der Waals surface area (Å²) in [5.41, 5.74) is 0.177. The summed E-state index contributed by atoms with van der Waals surface area (Å²) in [6, 6.07) is 6.73. The van der Waals surface area contributed by atoms with E-state index in [4.69, 9.17) is 23.2 Å². The van der Waals surface area contributed by atoms with Gasteiger partial charge in [0.1, 0.15) is 0 Å². The molecule has 1 aromatic rings. The van der Waals surface area contributed by atoms with Gasteiger partial charge in [0, 0.05) is 22.0 Å². The number of benzene rings is 1. The van der Waals surface area contributed by atoms with Crippen LogP contribution in [-0.4, -0.2) is 17.3 Å². The Balaban J connectivity index is 2.74. The third-order valence-electron chi connectivity index (χ3n) is 1.89. The van der Waals surface area contributed by atoms with Crippen LogP contribution in [0.3, 0.4) is 0 Å². The lowest BCUT2D eigenvalue weighted by Gasteiger charge is -2.23. The molecule has 0 bridgehead atoms. The van der Waals surface area contributed by atoms with Crippen molar-refractivity contribution < 1.29 is 4.79 Å². The molecular formula is C11H13Cl2NO. The number of hydrogen-bond donors (Lipinski definition) is 1. The minimum absolute atomic E-state index is 0.141. The molecule has 1 aromatic carbocycles. The summed E-state index contributed by atoms with van der Waals surface area (Å²) in [5, 5.41) is 3.44. The maximum absolute atomic E-state index is 11.7. The predicted molar refractivity (Wildman–Crippen MR) is 63.7 cm³/mol. The van der Waals surface area contributed by atoms with Crippen molar-refractivity contribution in [2.24, 2.45) is 0 Å². The summed E-state index contributed by atoms with van der Waals surface area (Å²) in [6.45, 7) is 3.74. The summed E-state index contributed by atoms with van der Waals surface area (Å²) >= 11 is 11.4. The Morgan fingerprint density at radius 1 is 1.33 bits per heavy atom. The van der Waals surface area contributed by atoms with Crippen molar-refractivity contribution in [2.45, 2.75) is 19.4 Å². The first-order valence-corrected chi connectivity index (χ1v) is 5.50. The fourth-order valence-corrected chi connectivity index (χ4v) is 1.21. The summed E-state index contributed by atoms with van der Waals surface area (Å²) in [7, 11) is 0. The second-order valence-corrected chi connectivity index (χ2v) is 4.68. The van der Waals surface area contributed by atoms with Gasteiger partial charge in [-0.05, 0) is 38.1 Å². The molecule has 1 amide bonds. The minimum atomic E-state index is -0.404. The monoisotopic (exact) mass is 245 g/mol. The fraction of sp³-hybridized carbons (Fsp3) is 0.364. The van der Waals surface area contributed by atoms with Crippen LogP contribution >= 0.6 is 23.2 Å². The molecule has 4 heteroatoms. The highest BCUT2D eigenvalue weighted by Gasteiger charge is 2.19. The Bertz CT molecular complexity index is 346. The van der Waals surface area contributed by atoms with Gasteiger partial charge in [0.15, 0.2) is 0 Å². The maximum Gasteiger partial charge on any atom is 0.251 e. The first kappa shape index (κ1) is 12.3. The molecule has 1 N–H and O–H groups in total. The number of alkyl halides is 1. The van der Waals surface area contributed by atoms with Crippen molar-refractivity contribution in [1.29, 1.82) is 0 Å². The molecule has 0 aliphatic heterocycles. The molecule has 0 atom stereocenters. The smallest absolute Gasteiger partial charge is 0.251 e. The van der Waals surface area contributed by atoms with Crippen LogP contribution in [0.15, 0.2) is 24.3 Å². The van der Waals surface area contributed by atoms with Crippen molar-refractivity contribution in [3.63, 3.8) is 0 Å². The number of hydrogen-bond acceptors (Lipinski definition) is 1. The van der Waals surface area contributed by atoms with E-state index in [2.05, 4.69) is 5.32 Å². The number of rotatable bonds is 3. The number of amides is 1. The number of nitrogens with one attached hydrogen (secondary N) is 1. The highest BCUT2D eigenvalue weighted by Crippen LogP contribution is 2.11. The zero-order chi connectivity index (χ0) is 11.5. The van der Waals surface area contributed by atoms with Gasteiger partial charge in [-0.15, -0.1) is 11.6 Å². The van der Waals surface area contributed by atoms with Crippen LogP contribution < -0.4 is 5.32 Å². The van der Waals surface area contributed by atoms with Gasteiger partial charge in [-0.1, -0.05) is 11.6 Å². The molecule has 0 aliphatic carbocycles. The van der Waals surface area contributed by atoms with Gasteiger partial charge in [0.2, 0.25) is 0 Å². The average Bonchev–Trinajstić information content (AvgIpc) is 2.18. The van der Waals surface area contributed by atoms with Crippen molar-refractivity contribution in [3.05, 3.63) is 34.9 Å². The topological polar surface area (TPSA) is 29.1 Å². The van der Waals surface area contributed by atoms with Crippen LogP contribution in [0, 0.1) is 0 Å². The maximum atomic E-state index is 11.7. The van der Waals surface area contributed by atoms with Crippen LogP contribution in [0.4, 0.5) is 0 Å². The number of carbonyl (C=O) groups excluding carboxylic acids is 1. The lowest BCUT2D eigenvalue weighted by atomic mass is 10.1. The van der Waals surface area contributed by atoms with E-state index in [0.29, 0.717) is 16.5 Å². The van der Waals surface area contributed by atoms with E-state index in [1.165, 1.54) is 0 Å². The second-order valence-electron chi connectivity index (χ2n) is 3.98. The van der Waals surface area contributed by atoms with Gasteiger partial charge in [0.05, 0.1) is 0 Å². The zero-order valence-electron chi connectivity index (χ0n) is 8.68. The summed E-state index contributed by atoms with van der Waals surface area (Å²) in [4.78, 5) is 11.7. The molecule has 0 unspecified atom stereocenters. The molecule has 0 aliphatic rings. The molecule has 1 rings (SSSR count). The molecule has 0 aromatic heterocycles. The van der Waals surface area contributed by atoms with Gasteiger partial charge < -0.3 is 5.32 Å². The molecule has 0 saturated heterocycles. The third-order valence-corrected chi connectivity index (χ3v) is 2.81. The van der Waals surface area contributed by atoms with Gasteiger partial charge in [-0.2, -0.15) is 0 Å². The Hall–Kier alpha value is -0.730. The van der Waals surface area contributed by atoms with Crippen LogP contribution in [0.25, 0.3) is 0 Å². The van der Waals surface area contributed by atoms with E-state index in [1.54, 1.807) is 24.3 Å². The van der Waals surface area contributed by atoms with Gasteiger partial charge >= 0.3 is 0 Å². The van der Waals surface area contributed by atoms with Crippen molar-refractivity contribution in [3.8, 4) is 0 Å². The largest absolute Gasteiger partial charge is 0.346 e. The van der Waals surface area contributed by atoms with Crippen LogP contribution in [0.5, 0.6) is 0 Å². The number of halogens is 2. The highest BCUT2D eigenvalue weighted by molar-refractivity contribution is 6.30. The fourth-order valence-electron chi connectivity index (χ4n) is 1.01. The van der Waals surface area contributed by atoms with E-state index in [0.717, 1.165) is 0 Å². The molecular weight excluding hydrogens is 233 g/mol. The Kier molecular flexibility index (Phi) is 4.00. The van der Waals surface area contributed by atoms with E-state index in [1.807, 2.05) is 13.8 Å². The van der Waals surface area contributed by atoms with Crippen LogP contribution in [0.1, 0.15) is 24.2 Å². The van der Waals surface area contributed by atoms with Crippen molar-refractivity contribution >= 4 is 29.1 Å². The minimum Gasteiger partial charge on any atom is -0.346 e. The average molecular weight is 246 g/mol. The van der Waals surface area contributed by atoms with Crippen LogP contribution in [0.2, 0.25) is 5.02 Å². The SMILES string of the molecule is CC(C)(CCl)NC(=O)c1ccc(Cl)cc1. The molecule has 15 heavy (non-hydrogen) atoms. The Morgan fingerprint density at radius 3 is 2.33 bits per heavy atom. The lowest BCUT2D eigenvalue weighted by molar-refractivity contribution is 0.0920. The molecule has 0 radical (unpaired) electrons. The van der Waals surface area contributed by atoms with Gasteiger partial charge in [0.25, 0.3) is 5.91 Å². The first-order valence-electron chi connectivity index (χ1n) is 4.59. The predicted octanol–water partition coefficient (Wildman–Crippen LogP) is 3.09. The molecule has 82 valence electrons. The molecule has 2 nitrogen and oxygen atoms in total. The third kappa shape index (κ3) is 3.73. The molecule has 0 heterocycles. The molecule has 0 fully saturated rings. The second kappa shape index (κ2) is 4.86. The van der Waals surface area contributed by atoms with Gasteiger partial charge in [-0.3, -0.25) is 4.79 Å². The Morgan fingerprint density at radius 2 is 1.87 bits per heavy atom. The molecule has 0 saturated carbocycles.